The largest absolute Gasteiger partial charge is 0.479 e. The lowest BCUT2D eigenvalue weighted by Gasteiger charge is -2.19. The van der Waals surface area contributed by atoms with Gasteiger partial charge in [0.1, 0.15) is 23.7 Å². The molecule has 1 aliphatic heterocycles. The van der Waals surface area contributed by atoms with Gasteiger partial charge < -0.3 is 10.1 Å². The maximum Gasteiger partial charge on any atom is 0.281 e. The van der Waals surface area contributed by atoms with Gasteiger partial charge in [-0.25, -0.2) is 26.8 Å². The third-order valence-electron chi connectivity index (χ3n) is 5.93. The van der Waals surface area contributed by atoms with Crippen LogP contribution in [0.25, 0.3) is 27.7 Å². The van der Waals surface area contributed by atoms with Crippen LogP contribution in [0.2, 0.25) is 0 Å². The van der Waals surface area contributed by atoms with Gasteiger partial charge in [0.2, 0.25) is 11.8 Å². The maximum absolute atomic E-state index is 15.2. The van der Waals surface area contributed by atoms with Gasteiger partial charge >= 0.3 is 0 Å². The molecule has 34 heavy (non-hydrogen) atoms. The number of halogens is 4. The van der Waals surface area contributed by atoms with E-state index in [1.165, 1.54) is 21.2 Å². The van der Waals surface area contributed by atoms with Crippen molar-refractivity contribution in [2.24, 2.45) is 0 Å². The number of likely N-dealkylation sites (tertiary alicyclic amines) is 1. The number of alkyl halides is 3. The summed E-state index contributed by atoms with van der Waals surface area (Å²) in [5, 5.41) is 14.9. The molecule has 0 aliphatic carbocycles. The number of anilines is 1. The molecular weight excluding hydrogens is 456 g/mol. The number of hydrogen-bond acceptors (Lipinski definition) is 7. The molecule has 0 amide bonds. The van der Waals surface area contributed by atoms with Crippen LogP contribution in [0.15, 0.2) is 24.4 Å². The molecule has 5 rings (SSSR count). The highest BCUT2D eigenvalue weighted by atomic mass is 19.3. The zero-order valence-electron chi connectivity index (χ0n) is 18.6. The highest BCUT2D eigenvalue weighted by molar-refractivity contribution is 5.89. The number of benzene rings is 1. The molecule has 0 bridgehead atoms. The lowest BCUT2D eigenvalue weighted by molar-refractivity contribution is 0.00583. The van der Waals surface area contributed by atoms with Gasteiger partial charge in [0.15, 0.2) is 5.82 Å². The molecule has 1 saturated heterocycles. The molecule has 0 spiro atoms. The van der Waals surface area contributed by atoms with E-state index in [1.54, 1.807) is 32.2 Å². The second-order valence-electron chi connectivity index (χ2n) is 8.49. The Morgan fingerprint density at radius 1 is 1.32 bits per heavy atom. The summed E-state index contributed by atoms with van der Waals surface area (Å²) >= 11 is 0. The summed E-state index contributed by atoms with van der Waals surface area (Å²) in [5.41, 5.74) is 1.89. The number of hydrogen-bond donors (Lipinski definition) is 1. The Morgan fingerprint density at radius 3 is 2.79 bits per heavy atom. The number of fused-ring (bicyclic) bond motifs is 2. The fourth-order valence-electron chi connectivity index (χ4n) is 4.27. The van der Waals surface area contributed by atoms with E-state index >= 15 is 4.39 Å². The molecule has 4 heterocycles. The summed E-state index contributed by atoms with van der Waals surface area (Å²) in [5.74, 6) is -3.70. The van der Waals surface area contributed by atoms with Crippen molar-refractivity contribution in [1.82, 2.24) is 34.5 Å². The molecule has 0 saturated carbocycles. The van der Waals surface area contributed by atoms with Crippen LogP contribution in [0.1, 0.15) is 13.0 Å². The summed E-state index contributed by atoms with van der Waals surface area (Å²) in [7, 11) is 2.95. The molecule has 1 aliphatic rings. The lowest BCUT2D eigenvalue weighted by atomic mass is 10.1. The molecule has 1 aromatic carbocycles. The average Bonchev–Trinajstić information content (AvgIpc) is 3.44. The fraction of sp³-hybridized carbons (Fsp3) is 0.429. The molecule has 180 valence electrons. The van der Waals surface area contributed by atoms with Gasteiger partial charge in [0.05, 0.1) is 37.0 Å². The van der Waals surface area contributed by atoms with Crippen LogP contribution in [0.3, 0.4) is 0 Å². The standard InChI is InChI=1S/C21H22F4N8O/c1-11(7-22)33-15-6-12(4-5-14(15)28-30-33)17-13(23)8-32-18(17)19(34-3)27-20(29-32)26-16-9-31(2)10-21(16,24)25/h4-6,8,11,16H,7,9-10H2,1-3H3,(H,26,29)/t11-,16-/m1/s1. The molecule has 2 atom stereocenters. The SMILES string of the molecule is COc1nc(N[C@@H]2CN(C)CC2(F)F)nn2cc(F)c(-c3ccc4nnn([C@H](C)CF)c4c3)c12. The molecule has 1 fully saturated rings. The first-order valence-electron chi connectivity index (χ1n) is 10.6. The van der Waals surface area contributed by atoms with Crippen LogP contribution in [-0.2, 0) is 0 Å². The molecule has 4 aromatic rings. The monoisotopic (exact) mass is 478 g/mol. The van der Waals surface area contributed by atoms with Crippen LogP contribution in [-0.4, -0.2) is 80.4 Å². The third-order valence-corrected chi connectivity index (χ3v) is 5.93. The minimum Gasteiger partial charge on any atom is -0.479 e. The van der Waals surface area contributed by atoms with Gasteiger partial charge in [-0.2, -0.15) is 4.98 Å². The van der Waals surface area contributed by atoms with Crippen molar-refractivity contribution in [3.8, 4) is 17.0 Å². The average molecular weight is 478 g/mol. The van der Waals surface area contributed by atoms with Crippen molar-refractivity contribution in [3.05, 3.63) is 30.2 Å². The Kier molecular flexibility index (Phi) is 5.30. The maximum atomic E-state index is 15.2. The number of likely N-dealkylation sites (N-methyl/N-ethyl adjacent to an activating group) is 1. The number of rotatable bonds is 6. The van der Waals surface area contributed by atoms with E-state index < -0.39 is 30.5 Å². The second-order valence-corrected chi connectivity index (χ2v) is 8.49. The highest BCUT2D eigenvalue weighted by Gasteiger charge is 2.47. The van der Waals surface area contributed by atoms with Crippen LogP contribution in [0, 0.1) is 5.82 Å². The van der Waals surface area contributed by atoms with E-state index in [9.17, 15) is 13.2 Å². The van der Waals surface area contributed by atoms with E-state index in [0.717, 1.165) is 6.20 Å². The molecule has 0 unspecified atom stereocenters. The van der Waals surface area contributed by atoms with Crippen molar-refractivity contribution < 1.29 is 22.3 Å². The van der Waals surface area contributed by atoms with Crippen LogP contribution in [0.4, 0.5) is 23.5 Å². The van der Waals surface area contributed by atoms with Crippen molar-refractivity contribution in [1.29, 1.82) is 0 Å². The Bertz CT molecular complexity index is 1370. The van der Waals surface area contributed by atoms with E-state index in [0.29, 0.717) is 16.6 Å². The first-order chi connectivity index (χ1) is 16.2. The zero-order valence-corrected chi connectivity index (χ0v) is 18.6. The van der Waals surface area contributed by atoms with E-state index in [-0.39, 0.29) is 36.0 Å². The minimum absolute atomic E-state index is 0.00919. The van der Waals surface area contributed by atoms with Crippen LogP contribution >= 0.6 is 0 Å². The topological polar surface area (TPSA) is 85.4 Å². The minimum atomic E-state index is -2.98. The van der Waals surface area contributed by atoms with Gasteiger partial charge in [-0.1, -0.05) is 11.3 Å². The Hall–Kier alpha value is -3.48. The first kappa shape index (κ1) is 22.3. The normalized spacial score (nSPS) is 19.2. The van der Waals surface area contributed by atoms with Crippen LogP contribution in [0.5, 0.6) is 5.88 Å². The molecule has 9 nitrogen and oxygen atoms in total. The smallest absolute Gasteiger partial charge is 0.281 e. The van der Waals surface area contributed by atoms with Crippen molar-refractivity contribution in [2.45, 2.75) is 24.9 Å². The summed E-state index contributed by atoms with van der Waals surface area (Å²) in [4.78, 5) is 5.72. The summed E-state index contributed by atoms with van der Waals surface area (Å²) < 4.78 is 64.9. The molecule has 3 aromatic heterocycles. The first-order valence-corrected chi connectivity index (χ1v) is 10.6. The molecule has 0 radical (unpaired) electrons. The van der Waals surface area contributed by atoms with Crippen molar-refractivity contribution in [2.75, 3.05) is 39.2 Å². The Balaban J connectivity index is 1.60. The van der Waals surface area contributed by atoms with E-state index in [2.05, 4.69) is 25.7 Å². The van der Waals surface area contributed by atoms with Gasteiger partial charge in [0, 0.05) is 6.54 Å². The van der Waals surface area contributed by atoms with Gasteiger partial charge in [-0.3, -0.25) is 4.90 Å². The molecular formula is C21H22F4N8O. The van der Waals surface area contributed by atoms with Crippen molar-refractivity contribution in [3.63, 3.8) is 0 Å². The predicted molar refractivity (Wildman–Crippen MR) is 117 cm³/mol. The van der Waals surface area contributed by atoms with Gasteiger partial charge in [0.25, 0.3) is 5.92 Å². The number of nitrogens with one attached hydrogen (secondary N) is 1. The number of nitrogens with zero attached hydrogens (tertiary/aromatic N) is 7. The quantitative estimate of drug-likeness (QED) is 0.426. The van der Waals surface area contributed by atoms with Crippen molar-refractivity contribution >= 4 is 22.5 Å². The summed E-state index contributed by atoms with van der Waals surface area (Å²) in [6.07, 6.45) is 1.13. The number of aromatic nitrogens is 6. The van der Waals surface area contributed by atoms with E-state index in [1.807, 2.05) is 0 Å². The highest BCUT2D eigenvalue weighted by Crippen LogP contribution is 2.36. The lowest BCUT2D eigenvalue weighted by Crippen LogP contribution is -2.38. The third kappa shape index (κ3) is 3.59. The summed E-state index contributed by atoms with van der Waals surface area (Å²) in [6.45, 7) is 0.730. The van der Waals surface area contributed by atoms with Gasteiger partial charge in [-0.05, 0) is 31.7 Å². The fourth-order valence-corrected chi connectivity index (χ4v) is 4.27. The van der Waals surface area contributed by atoms with Gasteiger partial charge in [-0.15, -0.1) is 10.2 Å². The predicted octanol–water partition coefficient (Wildman–Crippen LogP) is 3.18. The Labute approximate surface area is 191 Å². The van der Waals surface area contributed by atoms with E-state index in [4.69, 9.17) is 4.74 Å². The number of ether oxygens (including phenoxy) is 1. The number of methoxy groups -OCH3 is 1. The second kappa shape index (κ2) is 8.08. The van der Waals surface area contributed by atoms with Crippen LogP contribution < -0.4 is 10.1 Å². The zero-order chi connectivity index (χ0) is 24.2. The molecule has 13 heteroatoms. The molecule has 1 N–H and O–H groups in total. The Morgan fingerprint density at radius 2 is 2.12 bits per heavy atom. The summed E-state index contributed by atoms with van der Waals surface area (Å²) in [6, 6.07) is 3.22.